The van der Waals surface area contributed by atoms with Crippen LogP contribution in [0.5, 0.6) is 0 Å². The Morgan fingerprint density at radius 3 is 3.00 bits per heavy atom. The van der Waals surface area contributed by atoms with Crippen molar-refractivity contribution in [3.05, 3.63) is 45.4 Å². The second kappa shape index (κ2) is 8.34. The van der Waals surface area contributed by atoms with Crippen molar-refractivity contribution in [2.75, 3.05) is 32.2 Å². The molecular weight excluding hydrogens is 306 g/mol. The molecule has 0 amide bonds. The number of thiazole rings is 1. The van der Waals surface area contributed by atoms with Gasteiger partial charge in [-0.25, -0.2) is 4.98 Å². The summed E-state index contributed by atoms with van der Waals surface area (Å²) in [4.78, 5) is 6.51. The lowest BCUT2D eigenvalue weighted by atomic mass is 10.1. The van der Waals surface area contributed by atoms with Crippen molar-refractivity contribution in [2.24, 2.45) is 0 Å². The average Bonchev–Trinajstić information content (AvgIpc) is 2.97. The van der Waals surface area contributed by atoms with Gasteiger partial charge in [0, 0.05) is 48.9 Å². The summed E-state index contributed by atoms with van der Waals surface area (Å²) in [7, 11) is 3.76. The molecule has 0 fully saturated rings. The summed E-state index contributed by atoms with van der Waals surface area (Å²) >= 11 is 7.97. The molecule has 0 aliphatic heterocycles. The van der Waals surface area contributed by atoms with Gasteiger partial charge in [0.1, 0.15) is 0 Å². The van der Waals surface area contributed by atoms with E-state index in [2.05, 4.69) is 33.7 Å². The summed E-state index contributed by atoms with van der Waals surface area (Å²) < 4.78 is 5.04. The minimum atomic E-state index is 0.689. The van der Waals surface area contributed by atoms with E-state index < -0.39 is 0 Å². The molecule has 114 valence electrons. The van der Waals surface area contributed by atoms with Gasteiger partial charge in [-0.2, -0.15) is 0 Å². The quantitative estimate of drug-likeness (QED) is 0.756. The van der Waals surface area contributed by atoms with Crippen LogP contribution in [0.1, 0.15) is 11.3 Å². The molecule has 6 heteroatoms. The van der Waals surface area contributed by atoms with Gasteiger partial charge in [-0.05, 0) is 12.1 Å². The van der Waals surface area contributed by atoms with Gasteiger partial charge in [-0.1, -0.05) is 17.7 Å². The lowest BCUT2D eigenvalue weighted by molar-refractivity contribution is 0.199. The Labute approximate surface area is 134 Å². The molecule has 1 aromatic carbocycles. The Hall–Kier alpha value is -1.14. The Morgan fingerprint density at radius 1 is 1.43 bits per heavy atom. The molecule has 2 rings (SSSR count). The van der Waals surface area contributed by atoms with Crippen LogP contribution in [0.25, 0.3) is 0 Å². The zero-order valence-electron chi connectivity index (χ0n) is 12.3. The molecule has 0 unspecified atom stereocenters. The SMILES string of the molecule is COCCNCc1c(Cl)cccc1N(C)Cc1cscn1. The lowest BCUT2D eigenvalue weighted by Crippen LogP contribution is -2.23. The molecule has 4 nitrogen and oxygen atoms in total. The number of anilines is 1. The van der Waals surface area contributed by atoms with Crippen molar-refractivity contribution in [1.29, 1.82) is 0 Å². The van der Waals surface area contributed by atoms with E-state index in [0.717, 1.165) is 41.6 Å². The molecule has 1 N–H and O–H groups in total. The van der Waals surface area contributed by atoms with Crippen LogP contribution in [-0.2, 0) is 17.8 Å². The van der Waals surface area contributed by atoms with Crippen LogP contribution in [0, 0.1) is 0 Å². The van der Waals surface area contributed by atoms with Gasteiger partial charge in [0.2, 0.25) is 0 Å². The van der Waals surface area contributed by atoms with Crippen LogP contribution >= 0.6 is 22.9 Å². The normalized spacial score (nSPS) is 10.8. The summed E-state index contributed by atoms with van der Waals surface area (Å²) in [6.45, 7) is 2.99. The standard InChI is InChI=1S/C15H20ClN3OS/c1-19(9-12-10-21-11-18-12)15-5-3-4-14(16)13(15)8-17-6-7-20-2/h3-5,10-11,17H,6-9H2,1-2H3. The highest BCUT2D eigenvalue weighted by Gasteiger charge is 2.11. The maximum Gasteiger partial charge on any atom is 0.0795 e. The van der Waals surface area contributed by atoms with Crippen molar-refractivity contribution < 1.29 is 4.74 Å². The average molecular weight is 326 g/mol. The number of hydrogen-bond acceptors (Lipinski definition) is 5. The Kier molecular flexibility index (Phi) is 6.45. The van der Waals surface area contributed by atoms with Crippen LogP contribution in [0.3, 0.4) is 0 Å². The van der Waals surface area contributed by atoms with E-state index in [-0.39, 0.29) is 0 Å². The summed E-state index contributed by atoms with van der Waals surface area (Å²) in [6, 6.07) is 5.99. The molecular formula is C15H20ClN3OS. The number of ether oxygens (including phenoxy) is 1. The largest absolute Gasteiger partial charge is 0.383 e. The van der Waals surface area contributed by atoms with E-state index in [0.29, 0.717) is 6.61 Å². The molecule has 0 saturated heterocycles. The van der Waals surface area contributed by atoms with Crippen molar-refractivity contribution in [2.45, 2.75) is 13.1 Å². The molecule has 0 saturated carbocycles. The van der Waals surface area contributed by atoms with Gasteiger partial charge in [0.05, 0.1) is 24.4 Å². The van der Waals surface area contributed by atoms with Crippen molar-refractivity contribution in [3.63, 3.8) is 0 Å². The van der Waals surface area contributed by atoms with Gasteiger partial charge in [-0.3, -0.25) is 0 Å². The molecule has 0 radical (unpaired) electrons. The number of nitrogens with zero attached hydrogens (tertiary/aromatic N) is 2. The van der Waals surface area contributed by atoms with Gasteiger partial charge >= 0.3 is 0 Å². The maximum atomic E-state index is 6.36. The van der Waals surface area contributed by atoms with E-state index in [4.69, 9.17) is 16.3 Å². The van der Waals surface area contributed by atoms with Crippen molar-refractivity contribution in [1.82, 2.24) is 10.3 Å². The minimum Gasteiger partial charge on any atom is -0.383 e. The first-order chi connectivity index (χ1) is 10.2. The van der Waals surface area contributed by atoms with E-state index >= 15 is 0 Å². The van der Waals surface area contributed by atoms with Crippen LogP contribution in [-0.4, -0.2) is 32.3 Å². The Bertz CT molecular complexity index is 548. The number of rotatable bonds is 8. The van der Waals surface area contributed by atoms with Gasteiger partial charge in [-0.15, -0.1) is 11.3 Å². The molecule has 0 aliphatic rings. The highest BCUT2D eigenvalue weighted by Crippen LogP contribution is 2.27. The van der Waals surface area contributed by atoms with Gasteiger partial charge in [0.25, 0.3) is 0 Å². The molecule has 21 heavy (non-hydrogen) atoms. The van der Waals surface area contributed by atoms with E-state index in [1.165, 1.54) is 0 Å². The van der Waals surface area contributed by atoms with E-state index in [1.54, 1.807) is 18.4 Å². The molecule has 1 heterocycles. The summed E-state index contributed by atoms with van der Waals surface area (Å²) in [5.74, 6) is 0. The molecule has 2 aromatic rings. The van der Waals surface area contributed by atoms with E-state index in [9.17, 15) is 0 Å². The highest BCUT2D eigenvalue weighted by atomic mass is 35.5. The predicted octanol–water partition coefficient (Wildman–Crippen LogP) is 3.17. The van der Waals surface area contributed by atoms with Crippen molar-refractivity contribution in [3.8, 4) is 0 Å². The first-order valence-corrected chi connectivity index (χ1v) is 8.09. The van der Waals surface area contributed by atoms with Gasteiger partial charge < -0.3 is 15.0 Å². The number of halogens is 1. The number of aromatic nitrogens is 1. The Balaban J connectivity index is 2.08. The van der Waals surface area contributed by atoms with Gasteiger partial charge in [0.15, 0.2) is 0 Å². The van der Waals surface area contributed by atoms with Crippen LogP contribution < -0.4 is 10.2 Å². The summed E-state index contributed by atoms with van der Waals surface area (Å²) in [6.07, 6.45) is 0. The third kappa shape index (κ3) is 4.68. The number of benzene rings is 1. The molecule has 1 aromatic heterocycles. The second-order valence-electron chi connectivity index (χ2n) is 4.74. The third-order valence-electron chi connectivity index (χ3n) is 3.17. The zero-order chi connectivity index (χ0) is 15.1. The number of methoxy groups -OCH3 is 1. The monoisotopic (exact) mass is 325 g/mol. The van der Waals surface area contributed by atoms with Crippen LogP contribution in [0.15, 0.2) is 29.1 Å². The second-order valence-corrected chi connectivity index (χ2v) is 5.87. The third-order valence-corrected chi connectivity index (χ3v) is 4.16. The predicted molar refractivity (Wildman–Crippen MR) is 89.3 cm³/mol. The zero-order valence-corrected chi connectivity index (χ0v) is 13.9. The molecule has 0 spiro atoms. The van der Waals surface area contributed by atoms with Crippen molar-refractivity contribution >= 4 is 28.6 Å². The summed E-state index contributed by atoms with van der Waals surface area (Å²) in [5, 5.41) is 6.20. The Morgan fingerprint density at radius 2 is 2.29 bits per heavy atom. The topological polar surface area (TPSA) is 37.4 Å². The summed E-state index contributed by atoms with van der Waals surface area (Å²) in [5.41, 5.74) is 5.16. The highest BCUT2D eigenvalue weighted by molar-refractivity contribution is 7.07. The number of hydrogen-bond donors (Lipinski definition) is 1. The fourth-order valence-electron chi connectivity index (χ4n) is 2.11. The first kappa shape index (κ1) is 16.2. The van der Waals surface area contributed by atoms with Crippen LogP contribution in [0.2, 0.25) is 5.02 Å². The molecule has 0 bridgehead atoms. The van der Waals surface area contributed by atoms with E-state index in [1.807, 2.05) is 17.6 Å². The number of nitrogens with one attached hydrogen (secondary N) is 1. The minimum absolute atomic E-state index is 0.689. The fraction of sp³-hybridized carbons (Fsp3) is 0.400. The molecule has 0 atom stereocenters. The smallest absolute Gasteiger partial charge is 0.0795 e. The molecule has 0 aliphatic carbocycles. The fourth-order valence-corrected chi connectivity index (χ4v) is 2.90. The first-order valence-electron chi connectivity index (χ1n) is 6.77. The lowest BCUT2D eigenvalue weighted by Gasteiger charge is -2.22. The maximum absolute atomic E-state index is 6.36. The van der Waals surface area contributed by atoms with Crippen LogP contribution in [0.4, 0.5) is 5.69 Å².